The van der Waals surface area contributed by atoms with E-state index in [1.165, 1.54) is 0 Å². The van der Waals surface area contributed by atoms with Crippen LogP contribution in [0.5, 0.6) is 0 Å². The van der Waals surface area contributed by atoms with Crippen molar-refractivity contribution in [3.05, 3.63) is 137 Å². The van der Waals surface area contributed by atoms with Gasteiger partial charge in [-0.25, -0.2) is 17.9 Å². The normalized spacial score (nSPS) is 13.1. The maximum Gasteiger partial charge on any atom is 0.335 e. The molecule has 0 saturated carbocycles. The van der Waals surface area contributed by atoms with Gasteiger partial charge >= 0.3 is 5.97 Å². The number of nitrogens with one attached hydrogen (secondary N) is 2. The molecule has 4 aromatic carbocycles. The van der Waals surface area contributed by atoms with Crippen LogP contribution in [0, 0.1) is 6.92 Å². The molecule has 0 fully saturated rings. The first-order valence-electron chi connectivity index (χ1n) is 12.6. The summed E-state index contributed by atoms with van der Waals surface area (Å²) in [6.07, 6.45) is 1.56. The fourth-order valence-electron chi connectivity index (χ4n) is 4.39. The van der Waals surface area contributed by atoms with E-state index in [1.807, 2.05) is 79.7 Å². The van der Waals surface area contributed by atoms with Gasteiger partial charge in [-0.1, -0.05) is 90.5 Å². The van der Waals surface area contributed by atoms with Crippen molar-refractivity contribution in [1.29, 1.82) is 0 Å². The molecule has 0 unspecified atom stereocenters. The molecule has 38 heavy (non-hydrogen) atoms. The highest BCUT2D eigenvalue weighted by molar-refractivity contribution is 7.89. The SMILES string of the molecule is Cc1ccc(S(=O)(=O)N[C@H](c2ccccc2)[C@H](NCCCc2ccc(C(=O)O)cc2)c2ccccc2)cc1. The Morgan fingerprint density at radius 2 is 1.32 bits per heavy atom. The van der Waals surface area contributed by atoms with Gasteiger partial charge in [0.15, 0.2) is 0 Å². The molecule has 196 valence electrons. The van der Waals surface area contributed by atoms with Crippen LogP contribution in [0.2, 0.25) is 0 Å². The number of sulfonamides is 1. The summed E-state index contributed by atoms with van der Waals surface area (Å²) in [6, 6.07) is 32.3. The lowest BCUT2D eigenvalue weighted by Crippen LogP contribution is -2.39. The van der Waals surface area contributed by atoms with E-state index in [2.05, 4.69) is 10.0 Å². The van der Waals surface area contributed by atoms with Crippen molar-refractivity contribution in [2.24, 2.45) is 0 Å². The maximum absolute atomic E-state index is 13.5. The molecular formula is C31H32N2O4S. The van der Waals surface area contributed by atoms with E-state index in [0.717, 1.165) is 35.1 Å². The predicted molar refractivity (Wildman–Crippen MR) is 150 cm³/mol. The third-order valence-electron chi connectivity index (χ3n) is 6.47. The zero-order valence-electron chi connectivity index (χ0n) is 21.2. The lowest BCUT2D eigenvalue weighted by Gasteiger charge is -2.30. The van der Waals surface area contributed by atoms with Crippen molar-refractivity contribution in [2.45, 2.75) is 36.7 Å². The third kappa shape index (κ3) is 7.16. The van der Waals surface area contributed by atoms with Crippen LogP contribution in [0.4, 0.5) is 0 Å². The topological polar surface area (TPSA) is 95.5 Å². The first kappa shape index (κ1) is 27.3. The van der Waals surface area contributed by atoms with Crippen molar-refractivity contribution in [3.63, 3.8) is 0 Å². The highest BCUT2D eigenvalue weighted by atomic mass is 32.2. The Hall–Kier alpha value is -3.78. The molecule has 0 aliphatic rings. The molecule has 4 aromatic rings. The van der Waals surface area contributed by atoms with Gasteiger partial charge in [-0.2, -0.15) is 0 Å². The summed E-state index contributed by atoms with van der Waals surface area (Å²) in [6.45, 7) is 2.56. The average molecular weight is 529 g/mol. The summed E-state index contributed by atoms with van der Waals surface area (Å²) in [4.78, 5) is 11.3. The number of aryl methyl sites for hydroxylation is 2. The Labute approximate surface area is 224 Å². The largest absolute Gasteiger partial charge is 0.478 e. The highest BCUT2D eigenvalue weighted by Gasteiger charge is 2.29. The van der Waals surface area contributed by atoms with Crippen molar-refractivity contribution >= 4 is 16.0 Å². The molecule has 0 radical (unpaired) electrons. The molecule has 0 aliphatic carbocycles. The van der Waals surface area contributed by atoms with Gasteiger partial charge < -0.3 is 10.4 Å². The molecule has 0 aliphatic heterocycles. The fraction of sp³-hybridized carbons (Fsp3) is 0.194. The molecule has 3 N–H and O–H groups in total. The second-order valence-electron chi connectivity index (χ2n) is 9.27. The van der Waals surface area contributed by atoms with E-state index in [0.29, 0.717) is 6.54 Å². The van der Waals surface area contributed by atoms with Gasteiger partial charge in [0.05, 0.1) is 22.5 Å². The Morgan fingerprint density at radius 1 is 0.763 bits per heavy atom. The lowest BCUT2D eigenvalue weighted by atomic mass is 9.94. The quantitative estimate of drug-likeness (QED) is 0.206. The summed E-state index contributed by atoms with van der Waals surface area (Å²) >= 11 is 0. The number of rotatable bonds is 12. The Morgan fingerprint density at radius 3 is 1.87 bits per heavy atom. The van der Waals surface area contributed by atoms with Crippen LogP contribution in [0.3, 0.4) is 0 Å². The van der Waals surface area contributed by atoms with Crippen LogP contribution in [0.1, 0.15) is 51.1 Å². The molecular weight excluding hydrogens is 496 g/mol. The van der Waals surface area contributed by atoms with E-state index in [9.17, 15) is 13.2 Å². The second-order valence-corrected chi connectivity index (χ2v) is 11.0. The predicted octanol–water partition coefficient (Wildman–Crippen LogP) is 5.68. The minimum Gasteiger partial charge on any atom is -0.478 e. The molecule has 0 aromatic heterocycles. The second kappa shape index (κ2) is 12.6. The number of carboxylic acid groups (broad SMARTS) is 1. The van der Waals surface area contributed by atoms with Gasteiger partial charge in [0.25, 0.3) is 0 Å². The van der Waals surface area contributed by atoms with Crippen LogP contribution in [0.25, 0.3) is 0 Å². The highest BCUT2D eigenvalue weighted by Crippen LogP contribution is 2.31. The first-order chi connectivity index (χ1) is 18.3. The van der Waals surface area contributed by atoms with Crippen LogP contribution in [0.15, 0.2) is 114 Å². The smallest absolute Gasteiger partial charge is 0.335 e. The molecule has 0 heterocycles. The van der Waals surface area contributed by atoms with Gasteiger partial charge in [-0.3, -0.25) is 0 Å². The third-order valence-corrected chi connectivity index (χ3v) is 7.93. The maximum atomic E-state index is 13.5. The van der Waals surface area contributed by atoms with Crippen LogP contribution in [-0.2, 0) is 16.4 Å². The number of carboxylic acids is 1. The van der Waals surface area contributed by atoms with Crippen molar-refractivity contribution in [2.75, 3.05) is 6.54 Å². The molecule has 4 rings (SSSR count). The van der Waals surface area contributed by atoms with Gasteiger partial charge in [-0.15, -0.1) is 0 Å². The van der Waals surface area contributed by atoms with E-state index in [1.54, 1.807) is 36.4 Å². The molecule has 0 amide bonds. The van der Waals surface area contributed by atoms with Crippen molar-refractivity contribution < 1.29 is 18.3 Å². The minimum absolute atomic E-state index is 0.223. The van der Waals surface area contributed by atoms with Gasteiger partial charge in [-0.05, 0) is 67.3 Å². The summed E-state index contributed by atoms with van der Waals surface area (Å²) in [7, 11) is -3.80. The molecule has 0 saturated heterocycles. The zero-order valence-corrected chi connectivity index (χ0v) is 22.1. The van der Waals surface area contributed by atoms with E-state index in [4.69, 9.17) is 5.11 Å². The molecule has 7 heteroatoms. The number of hydrogen-bond donors (Lipinski definition) is 3. The number of carbonyl (C=O) groups is 1. The molecule has 0 bridgehead atoms. The Kier molecular flexibility index (Phi) is 9.07. The number of aromatic carboxylic acids is 1. The van der Waals surface area contributed by atoms with Gasteiger partial charge in [0.1, 0.15) is 0 Å². The van der Waals surface area contributed by atoms with Crippen molar-refractivity contribution in [3.8, 4) is 0 Å². The van der Waals surface area contributed by atoms with Crippen LogP contribution < -0.4 is 10.0 Å². The van der Waals surface area contributed by atoms with Crippen LogP contribution in [-0.4, -0.2) is 26.0 Å². The van der Waals surface area contributed by atoms with Gasteiger partial charge in [0.2, 0.25) is 10.0 Å². The molecule has 2 atom stereocenters. The Balaban J connectivity index is 1.57. The number of hydrogen-bond acceptors (Lipinski definition) is 4. The van der Waals surface area contributed by atoms with E-state index < -0.39 is 22.0 Å². The van der Waals surface area contributed by atoms with Crippen molar-refractivity contribution in [1.82, 2.24) is 10.0 Å². The minimum atomic E-state index is -3.80. The average Bonchev–Trinajstić information content (AvgIpc) is 2.93. The molecule has 0 spiro atoms. The van der Waals surface area contributed by atoms with Crippen LogP contribution >= 0.6 is 0 Å². The summed E-state index contributed by atoms with van der Waals surface area (Å²) < 4.78 is 29.9. The monoisotopic (exact) mass is 528 g/mol. The summed E-state index contributed by atoms with van der Waals surface area (Å²) in [5.74, 6) is -0.941. The zero-order chi connectivity index (χ0) is 27.0. The summed E-state index contributed by atoms with van der Waals surface area (Å²) in [5.41, 5.74) is 4.13. The van der Waals surface area contributed by atoms with E-state index in [-0.39, 0.29) is 16.5 Å². The first-order valence-corrected chi connectivity index (χ1v) is 14.1. The van der Waals surface area contributed by atoms with E-state index >= 15 is 0 Å². The lowest BCUT2D eigenvalue weighted by molar-refractivity contribution is 0.0697. The standard InChI is InChI=1S/C31H32N2O4S/c1-23-14-20-28(21-15-23)38(36,37)33-30(26-12-6-3-7-13-26)29(25-10-4-2-5-11-25)32-22-8-9-24-16-18-27(19-17-24)31(34)35/h2-7,10-21,29-30,32-33H,8-9,22H2,1H3,(H,34,35)/t29-,30-/m1/s1. The summed E-state index contributed by atoms with van der Waals surface area (Å²) in [5, 5.41) is 12.7. The number of benzene rings is 4. The Bertz CT molecular complexity index is 1420. The van der Waals surface area contributed by atoms with Gasteiger partial charge in [0, 0.05) is 0 Å². The fourth-order valence-corrected chi connectivity index (χ4v) is 5.63. The molecule has 6 nitrogen and oxygen atoms in total.